The first-order valence-electron chi connectivity index (χ1n) is 5.34. The van der Waals surface area contributed by atoms with Crippen LogP contribution in [0.25, 0.3) is 0 Å². The molecule has 0 spiro atoms. The quantitative estimate of drug-likeness (QED) is 0.551. The summed E-state index contributed by atoms with van der Waals surface area (Å²) in [7, 11) is 0. The van der Waals surface area contributed by atoms with Crippen LogP contribution < -0.4 is 4.74 Å². The van der Waals surface area contributed by atoms with Crippen LogP contribution in [0.3, 0.4) is 0 Å². The Morgan fingerprint density at radius 3 is 2.45 bits per heavy atom. The molecule has 5 nitrogen and oxygen atoms in total. The molecule has 0 amide bonds. The molecule has 0 heterocycles. The molecule has 0 aliphatic heterocycles. The predicted octanol–water partition coefficient (Wildman–Crippen LogP) is 4.78. The minimum Gasteiger partial charge on any atom is -0.447 e. The molecule has 20 heavy (non-hydrogen) atoms. The SMILES string of the molecule is N#Cc1c(Br)cccc1Oc1c(Br)cccc1[N+](=O)[O-]. The van der Waals surface area contributed by atoms with Gasteiger partial charge in [-0.3, -0.25) is 10.1 Å². The maximum Gasteiger partial charge on any atom is 0.312 e. The Balaban J connectivity index is 2.54. The molecule has 100 valence electrons. The van der Waals surface area contributed by atoms with E-state index in [0.717, 1.165) is 0 Å². The van der Waals surface area contributed by atoms with Gasteiger partial charge in [-0.2, -0.15) is 5.26 Å². The summed E-state index contributed by atoms with van der Waals surface area (Å²) in [6.45, 7) is 0. The van der Waals surface area contributed by atoms with E-state index in [0.29, 0.717) is 8.95 Å². The van der Waals surface area contributed by atoms with Crippen LogP contribution in [-0.2, 0) is 0 Å². The van der Waals surface area contributed by atoms with Gasteiger partial charge < -0.3 is 4.74 Å². The van der Waals surface area contributed by atoms with E-state index in [1.807, 2.05) is 6.07 Å². The third-order valence-corrected chi connectivity index (χ3v) is 3.73. The van der Waals surface area contributed by atoms with E-state index in [2.05, 4.69) is 31.9 Å². The van der Waals surface area contributed by atoms with Crippen LogP contribution in [0.1, 0.15) is 5.56 Å². The lowest BCUT2D eigenvalue weighted by Gasteiger charge is -2.10. The Hall–Kier alpha value is -1.91. The minimum absolute atomic E-state index is 0.0621. The fraction of sp³-hybridized carbons (Fsp3) is 0. The number of halogens is 2. The smallest absolute Gasteiger partial charge is 0.312 e. The Morgan fingerprint density at radius 1 is 1.15 bits per heavy atom. The number of ether oxygens (including phenoxy) is 1. The number of nitrogens with zero attached hydrogens (tertiary/aromatic N) is 2. The number of rotatable bonds is 3. The van der Waals surface area contributed by atoms with Crippen molar-refractivity contribution in [2.75, 3.05) is 0 Å². The van der Waals surface area contributed by atoms with Gasteiger partial charge in [0.15, 0.2) is 0 Å². The highest BCUT2D eigenvalue weighted by molar-refractivity contribution is 9.10. The third kappa shape index (κ3) is 2.81. The van der Waals surface area contributed by atoms with Crippen LogP contribution in [0.15, 0.2) is 45.3 Å². The molecule has 2 rings (SSSR count). The summed E-state index contributed by atoms with van der Waals surface area (Å²) in [6.07, 6.45) is 0. The van der Waals surface area contributed by atoms with Gasteiger partial charge in [-0.15, -0.1) is 0 Å². The maximum atomic E-state index is 11.0. The van der Waals surface area contributed by atoms with Crippen LogP contribution in [-0.4, -0.2) is 4.92 Å². The molecule has 0 saturated carbocycles. The molecule has 0 radical (unpaired) electrons. The lowest BCUT2D eigenvalue weighted by Crippen LogP contribution is -1.96. The molecule has 2 aromatic carbocycles. The molecule has 0 aliphatic carbocycles. The maximum absolute atomic E-state index is 11.0. The van der Waals surface area contributed by atoms with Gasteiger partial charge in [0.25, 0.3) is 0 Å². The second-order valence-electron chi connectivity index (χ2n) is 3.67. The molecule has 0 unspecified atom stereocenters. The summed E-state index contributed by atoms with van der Waals surface area (Å²) in [6, 6.07) is 11.5. The third-order valence-electron chi connectivity index (χ3n) is 2.44. The van der Waals surface area contributed by atoms with Gasteiger partial charge in [0, 0.05) is 10.5 Å². The summed E-state index contributed by atoms with van der Waals surface area (Å²) in [5.74, 6) is 0.309. The molecule has 2 aromatic rings. The summed E-state index contributed by atoms with van der Waals surface area (Å²) in [5, 5.41) is 20.1. The van der Waals surface area contributed by atoms with E-state index in [9.17, 15) is 10.1 Å². The van der Waals surface area contributed by atoms with Crippen molar-refractivity contribution >= 4 is 37.5 Å². The topological polar surface area (TPSA) is 76.2 Å². The molecular formula is C13H6Br2N2O3. The number of benzene rings is 2. The monoisotopic (exact) mass is 396 g/mol. The molecule has 0 fully saturated rings. The summed E-state index contributed by atoms with van der Waals surface area (Å²) in [5.41, 5.74) is 0.0980. The minimum atomic E-state index is -0.538. The fourth-order valence-corrected chi connectivity index (χ4v) is 2.42. The van der Waals surface area contributed by atoms with Crippen molar-refractivity contribution in [3.8, 4) is 17.6 Å². The van der Waals surface area contributed by atoms with Gasteiger partial charge in [0.05, 0.1) is 9.40 Å². The van der Waals surface area contributed by atoms with Gasteiger partial charge in [-0.05, 0) is 50.1 Å². The zero-order chi connectivity index (χ0) is 14.7. The van der Waals surface area contributed by atoms with Crippen LogP contribution in [0.2, 0.25) is 0 Å². The summed E-state index contributed by atoms with van der Waals surface area (Å²) < 4.78 is 6.57. The van der Waals surface area contributed by atoms with Crippen molar-refractivity contribution in [1.82, 2.24) is 0 Å². The largest absolute Gasteiger partial charge is 0.447 e. The number of hydrogen-bond acceptors (Lipinski definition) is 4. The van der Waals surface area contributed by atoms with Gasteiger partial charge in [0.1, 0.15) is 17.4 Å². The molecule has 0 bridgehead atoms. The van der Waals surface area contributed by atoms with E-state index in [-0.39, 0.29) is 22.7 Å². The zero-order valence-electron chi connectivity index (χ0n) is 9.84. The molecule has 7 heteroatoms. The highest BCUT2D eigenvalue weighted by atomic mass is 79.9. The van der Waals surface area contributed by atoms with E-state index >= 15 is 0 Å². The highest BCUT2D eigenvalue weighted by Crippen LogP contribution is 2.39. The predicted molar refractivity (Wildman–Crippen MR) is 79.7 cm³/mol. The van der Waals surface area contributed by atoms with Crippen LogP contribution in [0.4, 0.5) is 5.69 Å². The molecule has 0 N–H and O–H groups in total. The second kappa shape index (κ2) is 6.03. The summed E-state index contributed by atoms with van der Waals surface area (Å²) in [4.78, 5) is 10.5. The Kier molecular flexibility index (Phi) is 4.37. The summed E-state index contributed by atoms with van der Waals surface area (Å²) >= 11 is 6.45. The number of hydrogen-bond donors (Lipinski definition) is 0. The van der Waals surface area contributed by atoms with Gasteiger partial charge in [-0.25, -0.2) is 0 Å². The Labute approximate surface area is 131 Å². The molecular weight excluding hydrogens is 392 g/mol. The van der Waals surface area contributed by atoms with Crippen molar-refractivity contribution in [2.24, 2.45) is 0 Å². The molecule has 0 saturated heterocycles. The standard InChI is InChI=1S/C13H6Br2N2O3/c14-9-3-2-6-12(8(9)7-16)20-13-10(15)4-1-5-11(13)17(18)19/h1-6H. The second-order valence-corrected chi connectivity index (χ2v) is 5.38. The fourth-order valence-electron chi connectivity index (χ4n) is 1.55. The van der Waals surface area contributed by atoms with Gasteiger partial charge in [-0.1, -0.05) is 12.1 Å². The van der Waals surface area contributed by atoms with Crippen molar-refractivity contribution in [1.29, 1.82) is 5.26 Å². The Bertz CT molecular complexity index is 726. The van der Waals surface area contributed by atoms with Crippen LogP contribution in [0, 0.1) is 21.4 Å². The number of nitro groups is 1. The van der Waals surface area contributed by atoms with Crippen molar-refractivity contribution in [2.45, 2.75) is 0 Å². The van der Waals surface area contributed by atoms with Gasteiger partial charge in [0.2, 0.25) is 5.75 Å². The first kappa shape index (κ1) is 14.5. The first-order chi connectivity index (χ1) is 9.54. The van der Waals surface area contributed by atoms with E-state index < -0.39 is 4.92 Å². The molecule has 0 atom stereocenters. The normalized spacial score (nSPS) is 9.85. The number of para-hydroxylation sites is 1. The molecule has 0 aromatic heterocycles. The average Bonchev–Trinajstić information content (AvgIpc) is 2.41. The van der Waals surface area contributed by atoms with Crippen LogP contribution >= 0.6 is 31.9 Å². The van der Waals surface area contributed by atoms with Crippen molar-refractivity contribution < 1.29 is 9.66 Å². The number of nitro benzene ring substituents is 1. The van der Waals surface area contributed by atoms with Crippen molar-refractivity contribution in [3.05, 3.63) is 61.0 Å². The van der Waals surface area contributed by atoms with E-state index in [1.54, 1.807) is 30.3 Å². The first-order valence-corrected chi connectivity index (χ1v) is 6.92. The lowest BCUT2D eigenvalue weighted by atomic mass is 10.2. The number of nitriles is 1. The van der Waals surface area contributed by atoms with Crippen LogP contribution in [0.5, 0.6) is 11.5 Å². The highest BCUT2D eigenvalue weighted by Gasteiger charge is 2.20. The van der Waals surface area contributed by atoms with Crippen molar-refractivity contribution in [3.63, 3.8) is 0 Å². The van der Waals surface area contributed by atoms with E-state index in [1.165, 1.54) is 6.07 Å². The zero-order valence-corrected chi connectivity index (χ0v) is 13.0. The van der Waals surface area contributed by atoms with E-state index in [4.69, 9.17) is 10.00 Å². The average molecular weight is 398 g/mol. The Morgan fingerprint density at radius 2 is 1.80 bits per heavy atom. The lowest BCUT2D eigenvalue weighted by molar-refractivity contribution is -0.385. The van der Waals surface area contributed by atoms with Gasteiger partial charge >= 0.3 is 5.69 Å². The molecule has 0 aliphatic rings.